The van der Waals surface area contributed by atoms with Gasteiger partial charge in [0.1, 0.15) is 0 Å². The number of nitro groups is 1. The predicted octanol–water partition coefficient (Wildman–Crippen LogP) is 4.38. The van der Waals surface area contributed by atoms with Gasteiger partial charge in [-0.3, -0.25) is 14.9 Å². The number of hydrogen-bond acceptors (Lipinski definition) is 4. The smallest absolute Gasteiger partial charge is 0.269 e. The third-order valence-corrected chi connectivity index (χ3v) is 5.43. The van der Waals surface area contributed by atoms with E-state index in [2.05, 4.69) is 5.32 Å². The van der Waals surface area contributed by atoms with Gasteiger partial charge in [-0.15, -0.1) is 0 Å². The summed E-state index contributed by atoms with van der Waals surface area (Å²) in [6, 6.07) is 10.9. The molecule has 1 fully saturated rings. The first-order chi connectivity index (χ1) is 12.9. The minimum absolute atomic E-state index is 0.0552. The van der Waals surface area contributed by atoms with Crippen molar-refractivity contribution in [1.82, 2.24) is 5.32 Å². The minimum Gasteiger partial charge on any atom is -0.381 e. The largest absolute Gasteiger partial charge is 0.381 e. The lowest BCUT2D eigenvalue weighted by Gasteiger charge is -2.38. The number of non-ortho nitro benzene ring substituents is 1. The molecule has 0 saturated carbocycles. The SMILES string of the molecule is O=C(NCC1(c2ccc(Cl)cc2Cl)CCOCC1)c1ccc([N+](=O)[O-])cc1. The molecule has 142 valence electrons. The van der Waals surface area contributed by atoms with Crippen LogP contribution >= 0.6 is 23.2 Å². The zero-order valence-electron chi connectivity index (χ0n) is 14.4. The predicted molar refractivity (Wildman–Crippen MR) is 104 cm³/mol. The molecule has 0 aliphatic carbocycles. The van der Waals surface area contributed by atoms with E-state index in [-0.39, 0.29) is 17.0 Å². The summed E-state index contributed by atoms with van der Waals surface area (Å²) in [5.74, 6) is -0.291. The Balaban J connectivity index is 1.79. The standard InChI is InChI=1S/C19H18Cl2N2O4/c20-14-3-6-16(17(21)11-14)19(7-9-27-10-8-19)12-22-18(24)13-1-4-15(5-2-13)23(25)26/h1-6,11H,7-10,12H2,(H,22,24). The number of halogens is 2. The van der Waals surface area contributed by atoms with Crippen LogP contribution in [-0.2, 0) is 10.2 Å². The lowest BCUT2D eigenvalue weighted by molar-refractivity contribution is -0.384. The quantitative estimate of drug-likeness (QED) is 0.587. The number of amides is 1. The number of nitro benzene ring substituents is 1. The Morgan fingerprint density at radius 1 is 1.15 bits per heavy atom. The molecule has 1 amide bonds. The molecule has 27 heavy (non-hydrogen) atoms. The van der Waals surface area contributed by atoms with Crippen molar-refractivity contribution >= 4 is 34.8 Å². The summed E-state index contributed by atoms with van der Waals surface area (Å²) in [4.78, 5) is 22.8. The number of rotatable bonds is 5. The first kappa shape index (κ1) is 19.6. The van der Waals surface area contributed by atoms with E-state index >= 15 is 0 Å². The van der Waals surface area contributed by atoms with Gasteiger partial charge in [0.2, 0.25) is 0 Å². The molecule has 3 rings (SSSR count). The second-order valence-corrected chi connectivity index (χ2v) is 7.35. The van der Waals surface area contributed by atoms with Gasteiger partial charge >= 0.3 is 0 Å². The molecule has 0 radical (unpaired) electrons. The third kappa shape index (κ3) is 4.40. The second-order valence-electron chi connectivity index (χ2n) is 6.50. The van der Waals surface area contributed by atoms with Gasteiger partial charge in [0.15, 0.2) is 0 Å². The fourth-order valence-electron chi connectivity index (χ4n) is 3.31. The average molecular weight is 409 g/mol. The van der Waals surface area contributed by atoms with Crippen molar-refractivity contribution in [2.45, 2.75) is 18.3 Å². The minimum atomic E-state index is -0.499. The van der Waals surface area contributed by atoms with Crippen molar-refractivity contribution in [2.24, 2.45) is 0 Å². The van der Waals surface area contributed by atoms with E-state index in [0.29, 0.717) is 35.4 Å². The van der Waals surface area contributed by atoms with Crippen LogP contribution in [-0.4, -0.2) is 30.6 Å². The molecule has 6 nitrogen and oxygen atoms in total. The van der Waals surface area contributed by atoms with Crippen LogP contribution in [0.1, 0.15) is 28.8 Å². The van der Waals surface area contributed by atoms with Crippen molar-refractivity contribution in [3.63, 3.8) is 0 Å². The van der Waals surface area contributed by atoms with E-state index in [0.717, 1.165) is 18.4 Å². The molecular weight excluding hydrogens is 391 g/mol. The summed E-state index contributed by atoms with van der Waals surface area (Å²) in [5.41, 5.74) is 0.891. The van der Waals surface area contributed by atoms with Gasteiger partial charge in [-0.1, -0.05) is 29.3 Å². The van der Waals surface area contributed by atoms with Gasteiger partial charge < -0.3 is 10.1 Å². The van der Waals surface area contributed by atoms with E-state index < -0.39 is 4.92 Å². The summed E-state index contributed by atoms with van der Waals surface area (Å²) in [7, 11) is 0. The highest BCUT2D eigenvalue weighted by molar-refractivity contribution is 6.35. The topological polar surface area (TPSA) is 81.5 Å². The maximum Gasteiger partial charge on any atom is 0.269 e. The zero-order valence-corrected chi connectivity index (χ0v) is 15.9. The first-order valence-electron chi connectivity index (χ1n) is 8.47. The van der Waals surface area contributed by atoms with Crippen molar-refractivity contribution in [3.05, 3.63) is 73.8 Å². The number of nitrogens with zero attached hydrogens (tertiary/aromatic N) is 1. The summed E-state index contributed by atoms with van der Waals surface area (Å²) >= 11 is 12.4. The molecule has 1 N–H and O–H groups in total. The van der Waals surface area contributed by atoms with Crippen LogP contribution in [0.25, 0.3) is 0 Å². The van der Waals surface area contributed by atoms with Crippen LogP contribution in [0.5, 0.6) is 0 Å². The lowest BCUT2D eigenvalue weighted by atomic mass is 9.74. The normalized spacial score (nSPS) is 15.9. The summed E-state index contributed by atoms with van der Waals surface area (Å²) in [6.45, 7) is 1.53. The van der Waals surface area contributed by atoms with Crippen LogP contribution in [0, 0.1) is 10.1 Å². The zero-order chi connectivity index (χ0) is 19.4. The van der Waals surface area contributed by atoms with Crippen LogP contribution in [0.3, 0.4) is 0 Å². The highest BCUT2D eigenvalue weighted by Crippen LogP contribution is 2.39. The van der Waals surface area contributed by atoms with Gasteiger partial charge in [-0.25, -0.2) is 0 Å². The van der Waals surface area contributed by atoms with Crippen molar-refractivity contribution in [1.29, 1.82) is 0 Å². The number of nitrogens with one attached hydrogen (secondary N) is 1. The van der Waals surface area contributed by atoms with E-state index in [4.69, 9.17) is 27.9 Å². The average Bonchev–Trinajstić information content (AvgIpc) is 2.67. The van der Waals surface area contributed by atoms with E-state index in [1.807, 2.05) is 6.07 Å². The summed E-state index contributed by atoms with van der Waals surface area (Å²) in [6.07, 6.45) is 1.43. The van der Waals surface area contributed by atoms with Crippen molar-refractivity contribution in [3.8, 4) is 0 Å². The Morgan fingerprint density at radius 3 is 2.41 bits per heavy atom. The second kappa shape index (κ2) is 8.25. The summed E-state index contributed by atoms with van der Waals surface area (Å²) in [5, 5.41) is 14.8. The molecule has 8 heteroatoms. The molecule has 0 unspecified atom stereocenters. The molecule has 0 bridgehead atoms. The monoisotopic (exact) mass is 408 g/mol. The Labute approximate surface area is 166 Å². The van der Waals surface area contributed by atoms with Crippen molar-refractivity contribution < 1.29 is 14.5 Å². The molecule has 1 aliphatic rings. The van der Waals surface area contributed by atoms with Gasteiger partial charge in [0.05, 0.1) is 4.92 Å². The van der Waals surface area contributed by atoms with E-state index in [1.165, 1.54) is 24.3 Å². The lowest BCUT2D eigenvalue weighted by Crippen LogP contribution is -2.44. The van der Waals surface area contributed by atoms with E-state index in [1.54, 1.807) is 12.1 Å². The maximum atomic E-state index is 12.5. The number of carbonyl (C=O) groups excluding carboxylic acids is 1. The Morgan fingerprint density at radius 2 is 1.81 bits per heavy atom. The van der Waals surface area contributed by atoms with Crippen LogP contribution in [0.4, 0.5) is 5.69 Å². The number of hydrogen-bond donors (Lipinski definition) is 1. The first-order valence-corrected chi connectivity index (χ1v) is 9.23. The molecule has 0 aromatic heterocycles. The Bertz CT molecular complexity index is 849. The molecule has 0 spiro atoms. The van der Waals surface area contributed by atoms with Gasteiger partial charge in [0.25, 0.3) is 11.6 Å². The van der Waals surface area contributed by atoms with Gasteiger partial charge in [-0.2, -0.15) is 0 Å². The fraction of sp³-hybridized carbons (Fsp3) is 0.316. The number of ether oxygens (including phenoxy) is 1. The Kier molecular flexibility index (Phi) is 5.99. The van der Waals surface area contributed by atoms with Gasteiger partial charge in [0, 0.05) is 52.9 Å². The van der Waals surface area contributed by atoms with Crippen molar-refractivity contribution in [2.75, 3.05) is 19.8 Å². The Hall–Kier alpha value is -2.15. The van der Waals surface area contributed by atoms with Crippen LogP contribution < -0.4 is 5.32 Å². The fourth-order valence-corrected chi connectivity index (χ4v) is 3.92. The number of carbonyl (C=O) groups is 1. The maximum absolute atomic E-state index is 12.5. The highest BCUT2D eigenvalue weighted by atomic mass is 35.5. The molecule has 2 aromatic carbocycles. The summed E-state index contributed by atoms with van der Waals surface area (Å²) < 4.78 is 5.49. The molecule has 2 aromatic rings. The molecule has 1 saturated heterocycles. The van der Waals surface area contributed by atoms with E-state index in [9.17, 15) is 14.9 Å². The molecular formula is C19H18Cl2N2O4. The molecule has 1 heterocycles. The van der Waals surface area contributed by atoms with Crippen LogP contribution in [0.2, 0.25) is 10.0 Å². The van der Waals surface area contributed by atoms with Gasteiger partial charge in [-0.05, 0) is 42.7 Å². The van der Waals surface area contributed by atoms with Crippen LogP contribution in [0.15, 0.2) is 42.5 Å². The molecule has 0 atom stereocenters. The molecule has 1 aliphatic heterocycles. The highest BCUT2D eigenvalue weighted by Gasteiger charge is 2.36. The number of benzene rings is 2. The third-order valence-electron chi connectivity index (χ3n) is 4.88.